The lowest BCUT2D eigenvalue weighted by atomic mass is 10.1. The molecule has 0 radical (unpaired) electrons. The first-order valence-corrected chi connectivity index (χ1v) is 2.96. The number of aliphatic hydroxyl groups excluding tert-OH is 1. The SMILES string of the molecule is C.CCC(CC)CO. The van der Waals surface area contributed by atoms with E-state index >= 15 is 0 Å². The highest BCUT2D eigenvalue weighted by atomic mass is 16.3. The Hall–Kier alpha value is -0.0400. The average molecular weight is 118 g/mol. The molecule has 0 atom stereocenters. The second kappa shape index (κ2) is 6.96. The summed E-state index contributed by atoms with van der Waals surface area (Å²) in [5, 5.41) is 8.53. The molecule has 1 N–H and O–H groups in total. The van der Waals surface area contributed by atoms with E-state index < -0.39 is 0 Å². The highest BCUT2D eigenvalue weighted by molar-refractivity contribution is 4.48. The molecule has 0 saturated heterocycles. The molecule has 0 fully saturated rings. The molecule has 8 heavy (non-hydrogen) atoms. The highest BCUT2D eigenvalue weighted by Crippen LogP contribution is 2.03. The zero-order valence-corrected chi connectivity index (χ0v) is 5.15. The Morgan fingerprint density at radius 1 is 1.25 bits per heavy atom. The molecule has 52 valence electrons. The fourth-order valence-corrected chi connectivity index (χ4v) is 0.547. The highest BCUT2D eigenvalue weighted by Gasteiger charge is 1.97. The van der Waals surface area contributed by atoms with Crippen LogP contribution < -0.4 is 0 Å². The van der Waals surface area contributed by atoms with Crippen molar-refractivity contribution in [3.05, 3.63) is 0 Å². The molecule has 0 saturated carbocycles. The summed E-state index contributed by atoms with van der Waals surface area (Å²) in [6.07, 6.45) is 2.21. The molecule has 0 aliphatic rings. The largest absolute Gasteiger partial charge is 0.396 e. The van der Waals surface area contributed by atoms with Crippen LogP contribution in [-0.2, 0) is 0 Å². The summed E-state index contributed by atoms with van der Waals surface area (Å²) in [7, 11) is 0. The Balaban J connectivity index is 0. The van der Waals surface area contributed by atoms with E-state index in [1.165, 1.54) is 0 Å². The maximum absolute atomic E-state index is 8.53. The predicted molar refractivity (Wildman–Crippen MR) is 37.9 cm³/mol. The van der Waals surface area contributed by atoms with Crippen molar-refractivity contribution in [1.29, 1.82) is 0 Å². The molecule has 1 heteroatoms. The fraction of sp³-hybridized carbons (Fsp3) is 1.00. The van der Waals surface area contributed by atoms with Gasteiger partial charge in [0.15, 0.2) is 0 Å². The van der Waals surface area contributed by atoms with Crippen LogP contribution in [0.15, 0.2) is 0 Å². The van der Waals surface area contributed by atoms with Gasteiger partial charge in [0.25, 0.3) is 0 Å². The van der Waals surface area contributed by atoms with Gasteiger partial charge in [0.2, 0.25) is 0 Å². The summed E-state index contributed by atoms with van der Waals surface area (Å²) in [4.78, 5) is 0. The average Bonchev–Trinajstić information content (AvgIpc) is 1.72. The second-order valence-electron chi connectivity index (χ2n) is 1.87. The van der Waals surface area contributed by atoms with Crippen molar-refractivity contribution < 1.29 is 5.11 Å². The third-order valence-corrected chi connectivity index (χ3v) is 1.41. The minimum absolute atomic E-state index is 0. The zero-order chi connectivity index (χ0) is 5.70. The summed E-state index contributed by atoms with van der Waals surface area (Å²) in [5.74, 6) is 0.542. The molecule has 0 aromatic heterocycles. The number of aliphatic hydroxyl groups is 1. The first-order chi connectivity index (χ1) is 3.35. The minimum Gasteiger partial charge on any atom is -0.396 e. The van der Waals surface area contributed by atoms with Crippen molar-refractivity contribution in [3.63, 3.8) is 0 Å². The Morgan fingerprint density at radius 2 is 1.62 bits per heavy atom. The van der Waals surface area contributed by atoms with Gasteiger partial charge in [-0.25, -0.2) is 0 Å². The molecular formula is C7H18O. The van der Waals surface area contributed by atoms with Crippen molar-refractivity contribution >= 4 is 0 Å². The van der Waals surface area contributed by atoms with Crippen LogP contribution in [0.4, 0.5) is 0 Å². The Bertz CT molecular complexity index is 25.9. The molecule has 0 rings (SSSR count). The molecule has 0 spiro atoms. The molecule has 0 heterocycles. The van der Waals surface area contributed by atoms with Gasteiger partial charge in [0, 0.05) is 6.61 Å². The standard InChI is InChI=1S/C6H14O.CH4/c1-3-6(4-2)5-7;/h6-7H,3-5H2,1-2H3;1H4. The van der Waals surface area contributed by atoms with Crippen LogP contribution in [0.2, 0.25) is 0 Å². The Morgan fingerprint density at radius 3 is 1.62 bits per heavy atom. The maximum Gasteiger partial charge on any atom is 0.0459 e. The molecule has 0 bridgehead atoms. The van der Waals surface area contributed by atoms with Gasteiger partial charge in [-0.2, -0.15) is 0 Å². The molecule has 0 aromatic carbocycles. The van der Waals surface area contributed by atoms with E-state index in [4.69, 9.17) is 5.11 Å². The molecule has 0 aliphatic carbocycles. The maximum atomic E-state index is 8.53. The monoisotopic (exact) mass is 118 g/mol. The van der Waals surface area contributed by atoms with E-state index in [0.29, 0.717) is 12.5 Å². The van der Waals surface area contributed by atoms with Crippen LogP contribution in [-0.4, -0.2) is 11.7 Å². The van der Waals surface area contributed by atoms with Crippen molar-refractivity contribution in [2.24, 2.45) is 5.92 Å². The van der Waals surface area contributed by atoms with Crippen molar-refractivity contribution in [3.8, 4) is 0 Å². The van der Waals surface area contributed by atoms with Gasteiger partial charge in [-0.05, 0) is 5.92 Å². The topological polar surface area (TPSA) is 20.2 Å². The molecule has 0 aliphatic heterocycles. The van der Waals surface area contributed by atoms with Gasteiger partial charge in [-0.15, -0.1) is 0 Å². The summed E-state index contributed by atoms with van der Waals surface area (Å²) in [6, 6.07) is 0. The van der Waals surface area contributed by atoms with E-state index in [9.17, 15) is 0 Å². The van der Waals surface area contributed by atoms with Gasteiger partial charge in [0.1, 0.15) is 0 Å². The quantitative estimate of drug-likeness (QED) is 0.601. The van der Waals surface area contributed by atoms with Crippen LogP contribution in [0.25, 0.3) is 0 Å². The van der Waals surface area contributed by atoms with Crippen LogP contribution in [0.1, 0.15) is 34.1 Å². The predicted octanol–water partition coefficient (Wildman–Crippen LogP) is 2.05. The van der Waals surface area contributed by atoms with Gasteiger partial charge in [-0.1, -0.05) is 34.1 Å². The number of rotatable bonds is 3. The first kappa shape index (κ1) is 10.9. The van der Waals surface area contributed by atoms with Crippen molar-refractivity contribution in [1.82, 2.24) is 0 Å². The lowest BCUT2D eigenvalue weighted by Gasteiger charge is -2.04. The molecule has 0 aromatic rings. The third-order valence-electron chi connectivity index (χ3n) is 1.41. The number of hydrogen-bond donors (Lipinski definition) is 1. The van der Waals surface area contributed by atoms with Crippen molar-refractivity contribution in [2.75, 3.05) is 6.61 Å². The minimum atomic E-state index is 0. The third kappa shape index (κ3) is 4.13. The lowest BCUT2D eigenvalue weighted by molar-refractivity contribution is 0.219. The van der Waals surface area contributed by atoms with Crippen LogP contribution in [0.5, 0.6) is 0 Å². The van der Waals surface area contributed by atoms with Crippen molar-refractivity contribution in [2.45, 2.75) is 34.1 Å². The van der Waals surface area contributed by atoms with Crippen LogP contribution in [0.3, 0.4) is 0 Å². The van der Waals surface area contributed by atoms with Crippen LogP contribution in [0, 0.1) is 5.92 Å². The van der Waals surface area contributed by atoms with Gasteiger partial charge in [-0.3, -0.25) is 0 Å². The van der Waals surface area contributed by atoms with Crippen LogP contribution >= 0.6 is 0 Å². The lowest BCUT2D eigenvalue weighted by Crippen LogP contribution is -2.01. The molecule has 1 nitrogen and oxygen atoms in total. The molecule has 0 unspecified atom stereocenters. The summed E-state index contributed by atoms with van der Waals surface area (Å²) in [5.41, 5.74) is 0. The fourth-order valence-electron chi connectivity index (χ4n) is 0.547. The summed E-state index contributed by atoms with van der Waals surface area (Å²) >= 11 is 0. The van der Waals surface area contributed by atoms with E-state index in [1.807, 2.05) is 0 Å². The normalized spacial score (nSPS) is 9.00. The zero-order valence-electron chi connectivity index (χ0n) is 5.15. The van der Waals surface area contributed by atoms with Gasteiger partial charge >= 0.3 is 0 Å². The van der Waals surface area contributed by atoms with Gasteiger partial charge < -0.3 is 5.11 Å². The molecular weight excluding hydrogens is 100 g/mol. The Kier molecular flexibility index (Phi) is 9.44. The number of hydrogen-bond acceptors (Lipinski definition) is 1. The summed E-state index contributed by atoms with van der Waals surface area (Å²) < 4.78 is 0. The van der Waals surface area contributed by atoms with E-state index in [-0.39, 0.29) is 7.43 Å². The second-order valence-corrected chi connectivity index (χ2v) is 1.87. The first-order valence-electron chi connectivity index (χ1n) is 2.96. The molecule has 0 amide bonds. The van der Waals surface area contributed by atoms with E-state index in [0.717, 1.165) is 12.8 Å². The smallest absolute Gasteiger partial charge is 0.0459 e. The summed E-state index contributed by atoms with van der Waals surface area (Å²) in [6.45, 7) is 4.56. The van der Waals surface area contributed by atoms with E-state index in [1.54, 1.807) is 0 Å². The van der Waals surface area contributed by atoms with Gasteiger partial charge in [0.05, 0.1) is 0 Å². The van der Waals surface area contributed by atoms with E-state index in [2.05, 4.69) is 13.8 Å². The Labute approximate surface area is 52.7 Å².